The first-order chi connectivity index (χ1) is 7.93. The van der Waals surface area contributed by atoms with E-state index in [0.717, 1.165) is 0 Å². The van der Waals surface area contributed by atoms with Gasteiger partial charge in [-0.3, -0.25) is 0 Å². The van der Waals surface area contributed by atoms with Gasteiger partial charge in [-0.05, 0) is 0 Å². The zero-order chi connectivity index (χ0) is 10.8. The molecule has 0 nitrogen and oxygen atoms in total. The molecule has 1 aromatic rings. The van der Waals surface area contributed by atoms with E-state index < -0.39 is 22.8 Å². The Labute approximate surface area is 112 Å². The summed E-state index contributed by atoms with van der Waals surface area (Å²) in [5.41, 5.74) is 1.82. The van der Waals surface area contributed by atoms with Crippen molar-refractivity contribution in [3.05, 3.63) is 41.2 Å². The van der Waals surface area contributed by atoms with Crippen LogP contribution in [0.1, 0.15) is 25.7 Å². The Morgan fingerprint density at radius 1 is 1.06 bits per heavy atom. The first-order valence-electron chi connectivity index (χ1n) is 5.90. The average molecular weight is 424 g/mol. The van der Waals surface area contributed by atoms with Gasteiger partial charge in [0.25, 0.3) is 0 Å². The topological polar surface area (TPSA) is 0 Å². The molecular formula is C14H15BiS. The van der Waals surface area contributed by atoms with Crippen molar-refractivity contribution in [2.75, 3.05) is 5.75 Å². The fraction of sp³-hybridized carbons (Fsp3) is 0.357. The van der Waals surface area contributed by atoms with E-state index in [1.807, 2.05) is 20.6 Å². The molecule has 1 aromatic carbocycles. The summed E-state index contributed by atoms with van der Waals surface area (Å²) in [6.45, 7) is 0. The average Bonchev–Trinajstić information content (AvgIpc) is 2.29. The third kappa shape index (κ3) is 2.33. The van der Waals surface area contributed by atoms with Crippen LogP contribution in [0.2, 0.25) is 0 Å². The summed E-state index contributed by atoms with van der Waals surface area (Å²) >= 11 is 1.44. The van der Waals surface area contributed by atoms with Crippen LogP contribution in [0.3, 0.4) is 0 Å². The molecule has 2 heteroatoms. The van der Waals surface area contributed by atoms with E-state index in [2.05, 4.69) is 29.7 Å². The molecule has 82 valence electrons. The molecule has 0 unspecified atom stereocenters. The van der Waals surface area contributed by atoms with E-state index >= 15 is 0 Å². The van der Waals surface area contributed by atoms with Crippen molar-refractivity contribution in [1.82, 2.24) is 0 Å². The summed E-state index contributed by atoms with van der Waals surface area (Å²) in [6.07, 6.45) is 5.68. The zero-order valence-corrected chi connectivity index (χ0v) is 13.6. The second-order valence-corrected chi connectivity index (χ2v) is 10.1. The normalized spacial score (nSPS) is 21.9. The van der Waals surface area contributed by atoms with Crippen molar-refractivity contribution in [2.24, 2.45) is 0 Å². The molecule has 0 fully saturated rings. The van der Waals surface area contributed by atoms with Gasteiger partial charge in [0.15, 0.2) is 0 Å². The fourth-order valence-electron chi connectivity index (χ4n) is 2.31. The van der Waals surface area contributed by atoms with Gasteiger partial charge in [0, 0.05) is 0 Å². The fourth-order valence-corrected chi connectivity index (χ4v) is 9.30. The molecule has 0 spiro atoms. The summed E-state index contributed by atoms with van der Waals surface area (Å²) in [7, 11) is 0. The molecule has 0 N–H and O–H groups in total. The van der Waals surface area contributed by atoms with Gasteiger partial charge in [0.2, 0.25) is 0 Å². The SMILES string of the molecule is C1=c2/cccc[c]2=[Bi][C]2=C(CCCC2)CS/1. The molecule has 2 aliphatic rings. The van der Waals surface area contributed by atoms with Crippen LogP contribution in [0.25, 0.3) is 5.41 Å². The van der Waals surface area contributed by atoms with Crippen LogP contribution in [0.15, 0.2) is 33.1 Å². The molecule has 0 saturated carbocycles. The number of benzene rings is 1. The Kier molecular flexibility index (Phi) is 3.59. The Morgan fingerprint density at radius 3 is 2.94 bits per heavy atom. The Hall–Kier alpha value is 0.0631. The van der Waals surface area contributed by atoms with Crippen LogP contribution in [-0.2, 0) is 0 Å². The van der Waals surface area contributed by atoms with Crippen LogP contribution >= 0.6 is 11.8 Å². The quantitative estimate of drug-likeness (QED) is 0.578. The van der Waals surface area contributed by atoms with Crippen molar-refractivity contribution >= 4 is 39.9 Å². The number of fused-ring (bicyclic) bond motifs is 1. The summed E-state index contributed by atoms with van der Waals surface area (Å²) in [5, 5.41) is 3.90. The van der Waals surface area contributed by atoms with E-state index in [1.54, 1.807) is 2.85 Å². The molecule has 1 aliphatic carbocycles. The summed E-state index contributed by atoms with van der Waals surface area (Å²) < 4.78 is 3.61. The Balaban J connectivity index is 2.20. The third-order valence-electron chi connectivity index (χ3n) is 3.21. The molecule has 1 aliphatic heterocycles. The molecule has 0 amide bonds. The summed E-state index contributed by atoms with van der Waals surface area (Å²) in [6, 6.07) is 9.05. The number of hydrogen-bond donors (Lipinski definition) is 0. The maximum absolute atomic E-state index is 2.39. The van der Waals surface area contributed by atoms with Gasteiger partial charge in [0.05, 0.1) is 0 Å². The molecule has 0 aromatic heterocycles. The molecular weight excluding hydrogens is 409 g/mol. The number of rotatable bonds is 0. The molecule has 0 bridgehead atoms. The summed E-state index contributed by atoms with van der Waals surface area (Å²) in [5.74, 6) is 1.27. The van der Waals surface area contributed by atoms with Gasteiger partial charge in [-0.1, -0.05) is 0 Å². The van der Waals surface area contributed by atoms with Crippen LogP contribution in [-0.4, -0.2) is 28.5 Å². The Bertz CT molecular complexity index is 542. The second kappa shape index (κ2) is 5.14. The maximum atomic E-state index is 2.39. The first kappa shape index (κ1) is 11.2. The van der Waals surface area contributed by atoms with Crippen molar-refractivity contribution in [3.8, 4) is 0 Å². The molecule has 1 heterocycles. The van der Waals surface area contributed by atoms with Gasteiger partial charge in [-0.2, -0.15) is 0 Å². The molecule has 0 atom stereocenters. The molecule has 0 saturated heterocycles. The van der Waals surface area contributed by atoms with Gasteiger partial charge >= 0.3 is 113 Å². The van der Waals surface area contributed by atoms with Gasteiger partial charge < -0.3 is 0 Å². The predicted molar refractivity (Wildman–Crippen MR) is 73.1 cm³/mol. The van der Waals surface area contributed by atoms with E-state index in [1.165, 1.54) is 36.7 Å². The first-order valence-corrected chi connectivity index (χ1v) is 10.4. The van der Waals surface area contributed by atoms with Crippen molar-refractivity contribution < 1.29 is 0 Å². The van der Waals surface area contributed by atoms with E-state index in [-0.39, 0.29) is 0 Å². The van der Waals surface area contributed by atoms with Gasteiger partial charge in [-0.15, -0.1) is 0 Å². The van der Waals surface area contributed by atoms with Gasteiger partial charge in [-0.25, -0.2) is 0 Å². The Morgan fingerprint density at radius 2 is 1.94 bits per heavy atom. The minimum atomic E-state index is -0.565. The minimum absolute atomic E-state index is 0.565. The standard InChI is InChI=1S/C14H15S.Bi/c1-3-7-13(8-4-1)11-15-12-14-9-5-2-6-10-14;/h1,3-4,7,11H,2,5-6,9,12H2;/b13-11-;. The number of thioether (sulfide) groups is 1. The van der Waals surface area contributed by atoms with Crippen LogP contribution in [0, 0.1) is 2.85 Å². The monoisotopic (exact) mass is 424 g/mol. The number of allylic oxidation sites excluding steroid dienone is 1. The van der Waals surface area contributed by atoms with Crippen molar-refractivity contribution in [1.29, 1.82) is 0 Å². The molecule has 16 heavy (non-hydrogen) atoms. The van der Waals surface area contributed by atoms with E-state index in [9.17, 15) is 0 Å². The second-order valence-electron chi connectivity index (χ2n) is 4.36. The summed E-state index contributed by atoms with van der Waals surface area (Å²) in [4.78, 5) is 0. The van der Waals surface area contributed by atoms with Gasteiger partial charge in [0.1, 0.15) is 0 Å². The van der Waals surface area contributed by atoms with Crippen molar-refractivity contribution in [2.45, 2.75) is 25.7 Å². The molecule has 0 radical (unpaired) electrons. The number of hydrogen-bond acceptors (Lipinski definition) is 1. The van der Waals surface area contributed by atoms with Crippen molar-refractivity contribution in [3.63, 3.8) is 0 Å². The van der Waals surface area contributed by atoms with Crippen LogP contribution in [0.4, 0.5) is 0 Å². The molecule has 3 rings (SSSR count). The van der Waals surface area contributed by atoms with E-state index in [0.29, 0.717) is 0 Å². The van der Waals surface area contributed by atoms with Crippen LogP contribution in [0.5, 0.6) is 0 Å². The van der Waals surface area contributed by atoms with Crippen LogP contribution < -0.4 is 5.22 Å². The predicted octanol–water partition coefficient (Wildman–Crippen LogP) is 2.95. The van der Waals surface area contributed by atoms with E-state index in [4.69, 9.17) is 0 Å². The zero-order valence-electron chi connectivity index (χ0n) is 9.28. The third-order valence-corrected chi connectivity index (χ3v) is 9.81.